The SMILES string of the molecule is CCC(CNC(=O)c1nccnc1N)(C(=O)O)c1ccccc1. The van der Waals surface area contributed by atoms with Gasteiger partial charge in [-0.15, -0.1) is 0 Å². The number of carboxylic acids is 1. The second-order valence-electron chi connectivity index (χ2n) is 5.08. The quantitative estimate of drug-likeness (QED) is 0.738. The van der Waals surface area contributed by atoms with Crippen LogP contribution in [0.25, 0.3) is 0 Å². The normalized spacial score (nSPS) is 13.1. The second-order valence-corrected chi connectivity index (χ2v) is 5.08. The summed E-state index contributed by atoms with van der Waals surface area (Å²) in [6.07, 6.45) is 3.05. The summed E-state index contributed by atoms with van der Waals surface area (Å²) in [5.41, 5.74) is 5.01. The number of carboxylic acid groups (broad SMARTS) is 1. The predicted octanol–water partition coefficient (Wildman–Crippen LogP) is 1.22. The lowest BCUT2D eigenvalue weighted by atomic mass is 9.78. The van der Waals surface area contributed by atoms with Crippen LogP contribution < -0.4 is 11.1 Å². The maximum Gasteiger partial charge on any atom is 0.315 e. The summed E-state index contributed by atoms with van der Waals surface area (Å²) >= 11 is 0. The lowest BCUT2D eigenvalue weighted by Crippen LogP contribution is -2.46. The summed E-state index contributed by atoms with van der Waals surface area (Å²) in [4.78, 5) is 31.7. The van der Waals surface area contributed by atoms with Crippen LogP contribution in [0.2, 0.25) is 0 Å². The number of nitrogens with two attached hydrogens (primary N) is 1. The first-order valence-corrected chi connectivity index (χ1v) is 7.15. The van der Waals surface area contributed by atoms with Crippen LogP contribution >= 0.6 is 0 Å². The van der Waals surface area contributed by atoms with Gasteiger partial charge in [0, 0.05) is 18.9 Å². The number of nitrogens with zero attached hydrogens (tertiary/aromatic N) is 2. The molecule has 0 spiro atoms. The van der Waals surface area contributed by atoms with E-state index in [1.807, 2.05) is 6.07 Å². The van der Waals surface area contributed by atoms with E-state index in [1.165, 1.54) is 12.4 Å². The lowest BCUT2D eigenvalue weighted by Gasteiger charge is -2.29. The molecule has 0 aliphatic rings. The molecule has 120 valence electrons. The highest BCUT2D eigenvalue weighted by Crippen LogP contribution is 2.28. The average molecular weight is 314 g/mol. The number of amides is 1. The minimum Gasteiger partial charge on any atom is -0.481 e. The number of anilines is 1. The molecule has 0 aliphatic carbocycles. The fourth-order valence-corrected chi connectivity index (χ4v) is 2.38. The van der Waals surface area contributed by atoms with Gasteiger partial charge in [0.15, 0.2) is 11.5 Å². The molecule has 7 heteroatoms. The van der Waals surface area contributed by atoms with Crippen molar-refractivity contribution in [3.63, 3.8) is 0 Å². The van der Waals surface area contributed by atoms with Crippen LogP contribution in [-0.4, -0.2) is 33.5 Å². The molecule has 0 bridgehead atoms. The number of nitrogens with one attached hydrogen (secondary N) is 1. The van der Waals surface area contributed by atoms with E-state index in [9.17, 15) is 14.7 Å². The first-order chi connectivity index (χ1) is 11.0. The van der Waals surface area contributed by atoms with E-state index < -0.39 is 17.3 Å². The van der Waals surface area contributed by atoms with Crippen molar-refractivity contribution in [2.24, 2.45) is 0 Å². The molecule has 23 heavy (non-hydrogen) atoms. The number of nitrogen functional groups attached to an aromatic ring is 1. The molecule has 7 nitrogen and oxygen atoms in total. The van der Waals surface area contributed by atoms with E-state index in [0.717, 1.165) is 0 Å². The van der Waals surface area contributed by atoms with Gasteiger partial charge >= 0.3 is 5.97 Å². The van der Waals surface area contributed by atoms with Gasteiger partial charge in [0.25, 0.3) is 5.91 Å². The van der Waals surface area contributed by atoms with Crippen LogP contribution in [0.15, 0.2) is 42.7 Å². The van der Waals surface area contributed by atoms with Gasteiger partial charge in [-0.3, -0.25) is 9.59 Å². The first-order valence-electron chi connectivity index (χ1n) is 7.15. The Bertz CT molecular complexity index is 705. The van der Waals surface area contributed by atoms with E-state index in [4.69, 9.17) is 5.73 Å². The Labute approximate surface area is 133 Å². The van der Waals surface area contributed by atoms with Crippen LogP contribution in [0.3, 0.4) is 0 Å². The van der Waals surface area contributed by atoms with Gasteiger partial charge in [0.05, 0.1) is 0 Å². The van der Waals surface area contributed by atoms with Gasteiger partial charge in [-0.2, -0.15) is 0 Å². The fourth-order valence-electron chi connectivity index (χ4n) is 2.38. The molecule has 0 fully saturated rings. The third kappa shape index (κ3) is 3.28. The second kappa shape index (κ2) is 6.87. The molecule has 1 amide bonds. The summed E-state index contributed by atoms with van der Waals surface area (Å²) in [7, 11) is 0. The van der Waals surface area contributed by atoms with Crippen molar-refractivity contribution in [2.45, 2.75) is 18.8 Å². The van der Waals surface area contributed by atoms with E-state index in [0.29, 0.717) is 12.0 Å². The van der Waals surface area contributed by atoms with Crippen molar-refractivity contribution in [1.82, 2.24) is 15.3 Å². The third-order valence-electron chi connectivity index (χ3n) is 3.83. The third-order valence-corrected chi connectivity index (χ3v) is 3.83. The fraction of sp³-hybridized carbons (Fsp3) is 0.250. The lowest BCUT2D eigenvalue weighted by molar-refractivity contribution is -0.143. The van der Waals surface area contributed by atoms with Crippen molar-refractivity contribution in [3.8, 4) is 0 Å². The van der Waals surface area contributed by atoms with Crippen LogP contribution in [0.4, 0.5) is 5.82 Å². The molecule has 1 atom stereocenters. The van der Waals surface area contributed by atoms with E-state index in [-0.39, 0.29) is 18.1 Å². The topological polar surface area (TPSA) is 118 Å². The van der Waals surface area contributed by atoms with Crippen LogP contribution in [0.5, 0.6) is 0 Å². The summed E-state index contributed by atoms with van der Waals surface area (Å²) in [6.45, 7) is 1.70. The highest BCUT2D eigenvalue weighted by atomic mass is 16.4. The molecule has 1 aromatic heterocycles. The molecule has 2 rings (SSSR count). The van der Waals surface area contributed by atoms with Gasteiger partial charge in [0.1, 0.15) is 5.41 Å². The molecule has 0 saturated carbocycles. The van der Waals surface area contributed by atoms with Gasteiger partial charge < -0.3 is 16.2 Å². The van der Waals surface area contributed by atoms with Crippen LogP contribution in [0, 0.1) is 0 Å². The number of aliphatic carboxylic acids is 1. The largest absolute Gasteiger partial charge is 0.481 e. The predicted molar refractivity (Wildman–Crippen MR) is 84.8 cm³/mol. The highest BCUT2D eigenvalue weighted by Gasteiger charge is 2.39. The van der Waals surface area contributed by atoms with Crippen molar-refractivity contribution < 1.29 is 14.7 Å². The molecule has 1 unspecified atom stereocenters. The Morgan fingerprint density at radius 2 is 1.87 bits per heavy atom. The minimum absolute atomic E-state index is 0.00198. The Morgan fingerprint density at radius 3 is 2.43 bits per heavy atom. The number of benzene rings is 1. The maximum absolute atomic E-state index is 12.2. The molecule has 1 aromatic carbocycles. The summed E-state index contributed by atoms with van der Waals surface area (Å²) in [5, 5.41) is 12.3. The zero-order valence-corrected chi connectivity index (χ0v) is 12.7. The standard InChI is InChI=1S/C16H18N4O3/c1-2-16(15(22)23,11-6-4-3-5-7-11)10-20-14(21)12-13(17)19-9-8-18-12/h3-9H,2,10H2,1H3,(H2,17,19)(H,20,21)(H,22,23). The van der Waals surface area contributed by atoms with Crippen molar-refractivity contribution in [3.05, 3.63) is 54.0 Å². The Kier molecular flexibility index (Phi) is 4.90. The molecule has 4 N–H and O–H groups in total. The number of hydrogen-bond donors (Lipinski definition) is 3. The molecular weight excluding hydrogens is 296 g/mol. The van der Waals surface area contributed by atoms with E-state index in [2.05, 4.69) is 15.3 Å². The summed E-state index contributed by atoms with van der Waals surface area (Å²) < 4.78 is 0. The zero-order chi connectivity index (χ0) is 16.9. The molecular formula is C16H18N4O3. The number of aromatic nitrogens is 2. The van der Waals surface area contributed by atoms with Crippen LogP contribution in [-0.2, 0) is 10.2 Å². The van der Waals surface area contributed by atoms with E-state index >= 15 is 0 Å². The summed E-state index contributed by atoms with van der Waals surface area (Å²) in [5.74, 6) is -1.55. The Morgan fingerprint density at radius 1 is 1.22 bits per heavy atom. The zero-order valence-electron chi connectivity index (χ0n) is 12.7. The number of carbonyl (C=O) groups is 2. The van der Waals surface area contributed by atoms with Crippen molar-refractivity contribution >= 4 is 17.7 Å². The molecule has 0 aliphatic heterocycles. The molecule has 0 radical (unpaired) electrons. The van der Waals surface area contributed by atoms with Gasteiger partial charge in [-0.25, -0.2) is 9.97 Å². The monoisotopic (exact) mass is 314 g/mol. The first kappa shape index (κ1) is 16.4. The van der Waals surface area contributed by atoms with E-state index in [1.54, 1.807) is 31.2 Å². The Hall–Kier alpha value is -2.96. The highest BCUT2D eigenvalue weighted by molar-refractivity contribution is 5.96. The van der Waals surface area contributed by atoms with Gasteiger partial charge in [-0.05, 0) is 12.0 Å². The van der Waals surface area contributed by atoms with Crippen LogP contribution in [0.1, 0.15) is 29.4 Å². The molecule has 0 saturated heterocycles. The Balaban J connectivity index is 2.25. The number of carbonyl (C=O) groups excluding carboxylic acids is 1. The number of hydrogen-bond acceptors (Lipinski definition) is 5. The van der Waals surface area contributed by atoms with Gasteiger partial charge in [0.2, 0.25) is 0 Å². The average Bonchev–Trinajstić information content (AvgIpc) is 2.56. The molecule has 1 heterocycles. The molecule has 2 aromatic rings. The number of rotatable bonds is 6. The smallest absolute Gasteiger partial charge is 0.315 e. The van der Waals surface area contributed by atoms with Gasteiger partial charge in [-0.1, -0.05) is 37.3 Å². The summed E-state index contributed by atoms with van der Waals surface area (Å²) in [6, 6.07) is 8.82. The van der Waals surface area contributed by atoms with Crippen molar-refractivity contribution in [2.75, 3.05) is 12.3 Å². The minimum atomic E-state index is -1.21. The maximum atomic E-state index is 12.2. The van der Waals surface area contributed by atoms with Crippen molar-refractivity contribution in [1.29, 1.82) is 0 Å².